The molecule has 1 saturated heterocycles. The zero-order valence-corrected chi connectivity index (χ0v) is 12.2. The molecule has 0 atom stereocenters. The Labute approximate surface area is 124 Å². The fraction of sp³-hybridized carbons (Fsp3) is 0.400. The van der Waals surface area contributed by atoms with Crippen molar-refractivity contribution in [1.29, 1.82) is 0 Å². The van der Waals surface area contributed by atoms with Crippen LogP contribution >= 0.6 is 0 Å². The fourth-order valence-corrected chi connectivity index (χ4v) is 2.72. The first-order valence-corrected chi connectivity index (χ1v) is 7.30. The molecule has 6 heteroatoms. The number of hydrogen-bond acceptors (Lipinski definition) is 6. The molecule has 1 aliphatic heterocycles. The maximum atomic E-state index is 5.96. The van der Waals surface area contributed by atoms with Gasteiger partial charge in [-0.15, -0.1) is 0 Å². The third kappa shape index (κ3) is 2.74. The molecular weight excluding hydrogens is 264 g/mol. The molecule has 0 amide bonds. The van der Waals surface area contributed by atoms with Crippen molar-refractivity contribution in [2.45, 2.75) is 13.3 Å². The van der Waals surface area contributed by atoms with Crippen LogP contribution in [0.15, 0.2) is 30.7 Å². The molecule has 110 valence electrons. The van der Waals surface area contributed by atoms with Gasteiger partial charge in [-0.1, -0.05) is 13.0 Å². The van der Waals surface area contributed by atoms with E-state index in [9.17, 15) is 0 Å². The van der Waals surface area contributed by atoms with E-state index in [1.54, 1.807) is 6.33 Å². The Kier molecular flexibility index (Phi) is 3.85. The SMILES string of the molecule is CCc1c(N)ncnc1N1CCN(c2ccccn2)CC1. The maximum absolute atomic E-state index is 5.96. The number of rotatable bonds is 3. The van der Waals surface area contributed by atoms with E-state index in [-0.39, 0.29) is 0 Å². The first-order valence-electron chi connectivity index (χ1n) is 7.30. The summed E-state index contributed by atoms with van der Waals surface area (Å²) < 4.78 is 0. The molecule has 0 radical (unpaired) electrons. The molecule has 0 aromatic carbocycles. The number of pyridine rings is 1. The van der Waals surface area contributed by atoms with Crippen LogP contribution in [-0.4, -0.2) is 41.1 Å². The molecule has 21 heavy (non-hydrogen) atoms. The highest BCUT2D eigenvalue weighted by molar-refractivity contribution is 5.57. The van der Waals surface area contributed by atoms with Gasteiger partial charge in [0.15, 0.2) is 0 Å². The van der Waals surface area contributed by atoms with Crippen molar-refractivity contribution < 1.29 is 0 Å². The Morgan fingerprint density at radius 3 is 2.48 bits per heavy atom. The minimum absolute atomic E-state index is 0.592. The number of anilines is 3. The molecule has 3 heterocycles. The number of piperazine rings is 1. The Hall–Kier alpha value is -2.37. The van der Waals surface area contributed by atoms with Gasteiger partial charge in [0.25, 0.3) is 0 Å². The fourth-order valence-electron chi connectivity index (χ4n) is 2.72. The van der Waals surface area contributed by atoms with E-state index in [1.807, 2.05) is 18.3 Å². The lowest BCUT2D eigenvalue weighted by Gasteiger charge is -2.36. The Morgan fingerprint density at radius 1 is 1.05 bits per heavy atom. The zero-order chi connectivity index (χ0) is 14.7. The molecule has 1 fully saturated rings. The molecule has 0 saturated carbocycles. The summed E-state index contributed by atoms with van der Waals surface area (Å²) in [6, 6.07) is 6.02. The van der Waals surface area contributed by atoms with Gasteiger partial charge in [-0.3, -0.25) is 0 Å². The Bertz CT molecular complexity index is 592. The Morgan fingerprint density at radius 2 is 1.81 bits per heavy atom. The molecule has 2 N–H and O–H groups in total. The van der Waals surface area contributed by atoms with Crippen molar-refractivity contribution in [2.24, 2.45) is 0 Å². The first kappa shape index (κ1) is 13.6. The molecule has 0 spiro atoms. The highest BCUT2D eigenvalue weighted by atomic mass is 15.3. The van der Waals surface area contributed by atoms with Crippen LogP contribution in [0.3, 0.4) is 0 Å². The van der Waals surface area contributed by atoms with E-state index in [2.05, 4.69) is 37.7 Å². The van der Waals surface area contributed by atoms with Gasteiger partial charge >= 0.3 is 0 Å². The Balaban J connectivity index is 1.73. The summed E-state index contributed by atoms with van der Waals surface area (Å²) in [5.41, 5.74) is 7.00. The van der Waals surface area contributed by atoms with Crippen LogP contribution in [0.1, 0.15) is 12.5 Å². The van der Waals surface area contributed by atoms with Crippen molar-refractivity contribution in [1.82, 2.24) is 15.0 Å². The largest absolute Gasteiger partial charge is 0.383 e. The summed E-state index contributed by atoms with van der Waals surface area (Å²) in [7, 11) is 0. The summed E-state index contributed by atoms with van der Waals surface area (Å²) in [6.07, 6.45) is 4.24. The molecule has 2 aromatic heterocycles. The molecule has 0 aliphatic carbocycles. The second-order valence-electron chi connectivity index (χ2n) is 5.08. The molecular formula is C15H20N6. The second-order valence-corrected chi connectivity index (χ2v) is 5.08. The molecule has 1 aliphatic rings. The van der Waals surface area contributed by atoms with Crippen molar-refractivity contribution in [3.8, 4) is 0 Å². The number of nitrogens with two attached hydrogens (primary N) is 1. The molecule has 0 bridgehead atoms. The van der Waals surface area contributed by atoms with Crippen LogP contribution in [0, 0.1) is 0 Å². The summed E-state index contributed by atoms with van der Waals surface area (Å²) in [5.74, 6) is 2.61. The van der Waals surface area contributed by atoms with Gasteiger partial charge in [0, 0.05) is 37.9 Å². The van der Waals surface area contributed by atoms with Gasteiger partial charge in [-0.05, 0) is 18.6 Å². The van der Waals surface area contributed by atoms with Crippen molar-refractivity contribution in [3.05, 3.63) is 36.3 Å². The van der Waals surface area contributed by atoms with E-state index in [0.29, 0.717) is 5.82 Å². The van der Waals surface area contributed by atoms with Crippen molar-refractivity contribution in [3.63, 3.8) is 0 Å². The van der Waals surface area contributed by atoms with Gasteiger partial charge in [0.1, 0.15) is 23.8 Å². The van der Waals surface area contributed by atoms with E-state index in [1.165, 1.54) is 0 Å². The van der Waals surface area contributed by atoms with Crippen LogP contribution in [0.2, 0.25) is 0 Å². The van der Waals surface area contributed by atoms with Gasteiger partial charge < -0.3 is 15.5 Å². The van der Waals surface area contributed by atoms with Gasteiger partial charge in [0.2, 0.25) is 0 Å². The summed E-state index contributed by atoms with van der Waals surface area (Å²) in [6.45, 7) is 5.79. The molecule has 6 nitrogen and oxygen atoms in total. The normalized spacial score (nSPS) is 15.3. The monoisotopic (exact) mass is 284 g/mol. The van der Waals surface area contributed by atoms with Crippen LogP contribution < -0.4 is 15.5 Å². The van der Waals surface area contributed by atoms with E-state index in [0.717, 1.165) is 49.8 Å². The maximum Gasteiger partial charge on any atom is 0.137 e. The lowest BCUT2D eigenvalue weighted by atomic mass is 10.2. The van der Waals surface area contributed by atoms with Gasteiger partial charge in [0.05, 0.1) is 0 Å². The summed E-state index contributed by atoms with van der Waals surface area (Å²) in [5, 5.41) is 0. The highest BCUT2D eigenvalue weighted by Crippen LogP contribution is 2.24. The molecule has 2 aromatic rings. The third-order valence-corrected chi connectivity index (χ3v) is 3.86. The number of nitrogens with zero attached hydrogens (tertiary/aromatic N) is 5. The second kappa shape index (κ2) is 5.95. The van der Waals surface area contributed by atoms with Gasteiger partial charge in [-0.2, -0.15) is 0 Å². The minimum Gasteiger partial charge on any atom is -0.383 e. The average Bonchev–Trinajstić information content (AvgIpc) is 2.55. The lowest BCUT2D eigenvalue weighted by molar-refractivity contribution is 0.638. The van der Waals surface area contributed by atoms with Crippen molar-refractivity contribution in [2.75, 3.05) is 41.7 Å². The number of nitrogen functional groups attached to an aromatic ring is 1. The van der Waals surface area contributed by atoms with Crippen LogP contribution in [0.4, 0.5) is 17.5 Å². The highest BCUT2D eigenvalue weighted by Gasteiger charge is 2.21. The van der Waals surface area contributed by atoms with Crippen LogP contribution in [0.25, 0.3) is 0 Å². The van der Waals surface area contributed by atoms with E-state index in [4.69, 9.17) is 5.73 Å². The zero-order valence-electron chi connectivity index (χ0n) is 12.2. The van der Waals surface area contributed by atoms with Gasteiger partial charge in [-0.25, -0.2) is 15.0 Å². The van der Waals surface area contributed by atoms with Crippen LogP contribution in [-0.2, 0) is 6.42 Å². The first-order chi connectivity index (χ1) is 10.3. The van der Waals surface area contributed by atoms with Crippen LogP contribution in [0.5, 0.6) is 0 Å². The lowest BCUT2D eigenvalue weighted by Crippen LogP contribution is -2.47. The predicted octanol–water partition coefficient (Wildman–Crippen LogP) is 1.34. The average molecular weight is 284 g/mol. The van der Waals surface area contributed by atoms with Crippen molar-refractivity contribution >= 4 is 17.5 Å². The number of aromatic nitrogens is 3. The number of hydrogen-bond donors (Lipinski definition) is 1. The smallest absolute Gasteiger partial charge is 0.137 e. The summed E-state index contributed by atoms with van der Waals surface area (Å²) >= 11 is 0. The molecule has 0 unspecified atom stereocenters. The van der Waals surface area contributed by atoms with E-state index >= 15 is 0 Å². The van der Waals surface area contributed by atoms with E-state index < -0.39 is 0 Å². The minimum atomic E-state index is 0.592. The standard InChI is InChI=1S/C15H20N6/c1-2-12-14(16)18-11-19-15(12)21-9-7-20(8-10-21)13-5-3-4-6-17-13/h3-6,11H,2,7-10H2,1H3,(H2,16,18,19). The topological polar surface area (TPSA) is 71.2 Å². The third-order valence-electron chi connectivity index (χ3n) is 3.86. The summed E-state index contributed by atoms with van der Waals surface area (Å²) in [4.78, 5) is 17.5. The predicted molar refractivity (Wildman–Crippen MR) is 84.5 cm³/mol. The molecule has 3 rings (SSSR count). The quantitative estimate of drug-likeness (QED) is 0.917.